The summed E-state index contributed by atoms with van der Waals surface area (Å²) in [4.78, 5) is 10.5. The maximum atomic E-state index is 10.5. The summed E-state index contributed by atoms with van der Waals surface area (Å²) in [5.41, 5.74) is 6.57. The first-order valence-corrected chi connectivity index (χ1v) is 5.25. The Kier molecular flexibility index (Phi) is 7.34. The Hall–Kier alpha value is -1.26. The Morgan fingerprint density at radius 2 is 2.00 bits per heavy atom. The minimum Gasteiger partial charge on any atom is -0.497 e. The van der Waals surface area contributed by atoms with Gasteiger partial charge in [-0.1, -0.05) is 12.1 Å². The molecule has 0 aliphatic heterocycles. The lowest BCUT2D eigenvalue weighted by molar-refractivity contribution is -0.138. The summed E-state index contributed by atoms with van der Waals surface area (Å²) in [5, 5.41) is 8.61. The number of carboxylic acids is 1. The standard InChI is InChI=1S/C12H17NO3.ClH/c1-16-10-7-5-9(6-8-10)3-2-4-11(13)12(14)15;/h5-8,11H,2-4,13H2,1H3,(H,14,15);1H. The average Bonchev–Trinajstić information content (AvgIpc) is 2.29. The van der Waals surface area contributed by atoms with E-state index in [1.165, 1.54) is 5.56 Å². The molecule has 17 heavy (non-hydrogen) atoms. The molecule has 0 bridgehead atoms. The van der Waals surface area contributed by atoms with E-state index in [9.17, 15) is 4.79 Å². The monoisotopic (exact) mass is 259 g/mol. The Balaban J connectivity index is 0.00000256. The molecule has 0 amide bonds. The molecular weight excluding hydrogens is 242 g/mol. The van der Waals surface area contributed by atoms with Crippen molar-refractivity contribution in [1.29, 1.82) is 0 Å². The second-order valence-corrected chi connectivity index (χ2v) is 3.69. The summed E-state index contributed by atoms with van der Waals surface area (Å²) in [6.07, 6.45) is 2.12. The third kappa shape index (κ3) is 5.56. The van der Waals surface area contributed by atoms with Gasteiger partial charge < -0.3 is 15.6 Å². The lowest BCUT2D eigenvalue weighted by Crippen LogP contribution is -2.29. The zero-order chi connectivity index (χ0) is 12.0. The lowest BCUT2D eigenvalue weighted by Gasteiger charge is -2.06. The summed E-state index contributed by atoms with van der Waals surface area (Å²) in [5.74, 6) is -0.110. The first kappa shape index (κ1) is 15.7. The van der Waals surface area contributed by atoms with Gasteiger partial charge in [0.2, 0.25) is 0 Å². The van der Waals surface area contributed by atoms with E-state index in [1.54, 1.807) is 7.11 Å². The van der Waals surface area contributed by atoms with Crippen LogP contribution in [0.15, 0.2) is 24.3 Å². The zero-order valence-corrected chi connectivity index (χ0v) is 10.6. The van der Waals surface area contributed by atoms with Crippen molar-refractivity contribution in [2.24, 2.45) is 5.73 Å². The minimum atomic E-state index is -0.935. The predicted molar refractivity (Wildman–Crippen MR) is 68.8 cm³/mol. The topological polar surface area (TPSA) is 72.5 Å². The number of carbonyl (C=O) groups is 1. The van der Waals surface area contributed by atoms with Crippen LogP contribution in [0.25, 0.3) is 0 Å². The molecule has 5 heteroatoms. The Labute approximate surface area is 107 Å². The van der Waals surface area contributed by atoms with Gasteiger partial charge in [0, 0.05) is 0 Å². The van der Waals surface area contributed by atoms with Crippen LogP contribution in [-0.2, 0) is 11.2 Å². The number of nitrogens with two attached hydrogens (primary N) is 1. The van der Waals surface area contributed by atoms with Crippen LogP contribution in [0.2, 0.25) is 0 Å². The molecule has 1 unspecified atom stereocenters. The molecule has 0 aliphatic carbocycles. The van der Waals surface area contributed by atoms with Crippen molar-refractivity contribution in [3.63, 3.8) is 0 Å². The Morgan fingerprint density at radius 3 is 2.47 bits per heavy atom. The molecule has 3 N–H and O–H groups in total. The van der Waals surface area contributed by atoms with E-state index in [2.05, 4.69) is 0 Å². The molecule has 4 nitrogen and oxygen atoms in total. The van der Waals surface area contributed by atoms with Gasteiger partial charge in [-0.15, -0.1) is 12.4 Å². The van der Waals surface area contributed by atoms with E-state index in [0.29, 0.717) is 6.42 Å². The normalized spacial score (nSPS) is 11.4. The molecule has 0 aliphatic rings. The molecule has 1 atom stereocenters. The van der Waals surface area contributed by atoms with Crippen molar-refractivity contribution in [3.8, 4) is 5.75 Å². The van der Waals surface area contributed by atoms with E-state index in [1.807, 2.05) is 24.3 Å². The number of aryl methyl sites for hydroxylation is 1. The molecule has 0 heterocycles. The number of aliphatic carboxylic acids is 1. The van der Waals surface area contributed by atoms with Gasteiger partial charge in [-0.25, -0.2) is 0 Å². The number of hydrogen-bond donors (Lipinski definition) is 2. The van der Waals surface area contributed by atoms with E-state index >= 15 is 0 Å². The molecule has 1 rings (SSSR count). The summed E-state index contributed by atoms with van der Waals surface area (Å²) in [7, 11) is 1.63. The second-order valence-electron chi connectivity index (χ2n) is 3.69. The molecule has 0 saturated heterocycles. The van der Waals surface area contributed by atoms with Crippen LogP contribution in [0.3, 0.4) is 0 Å². The van der Waals surface area contributed by atoms with Crippen molar-refractivity contribution in [2.45, 2.75) is 25.3 Å². The van der Waals surface area contributed by atoms with Crippen molar-refractivity contribution in [3.05, 3.63) is 29.8 Å². The number of ether oxygens (including phenoxy) is 1. The number of halogens is 1. The third-order valence-electron chi connectivity index (χ3n) is 2.46. The summed E-state index contributed by atoms with van der Waals surface area (Å²) < 4.78 is 5.05. The van der Waals surface area contributed by atoms with Crippen LogP contribution in [0.1, 0.15) is 18.4 Å². The largest absolute Gasteiger partial charge is 0.497 e. The van der Waals surface area contributed by atoms with Gasteiger partial charge in [0.05, 0.1) is 7.11 Å². The minimum absolute atomic E-state index is 0. The molecule has 0 radical (unpaired) electrons. The van der Waals surface area contributed by atoms with Crippen LogP contribution in [-0.4, -0.2) is 24.2 Å². The van der Waals surface area contributed by atoms with Gasteiger partial charge in [-0.05, 0) is 37.0 Å². The highest BCUT2D eigenvalue weighted by atomic mass is 35.5. The molecule has 1 aromatic carbocycles. The summed E-state index contributed by atoms with van der Waals surface area (Å²) in [6.45, 7) is 0. The third-order valence-corrected chi connectivity index (χ3v) is 2.46. The number of carboxylic acid groups (broad SMARTS) is 1. The van der Waals surface area contributed by atoms with E-state index in [0.717, 1.165) is 18.6 Å². The van der Waals surface area contributed by atoms with Gasteiger partial charge in [0.25, 0.3) is 0 Å². The van der Waals surface area contributed by atoms with Gasteiger partial charge in [-0.2, -0.15) is 0 Å². The van der Waals surface area contributed by atoms with E-state index < -0.39 is 12.0 Å². The van der Waals surface area contributed by atoms with Gasteiger partial charge in [0.15, 0.2) is 0 Å². The van der Waals surface area contributed by atoms with Crippen LogP contribution >= 0.6 is 12.4 Å². The fraction of sp³-hybridized carbons (Fsp3) is 0.417. The van der Waals surface area contributed by atoms with Gasteiger partial charge >= 0.3 is 5.97 Å². The van der Waals surface area contributed by atoms with Crippen molar-refractivity contribution in [2.75, 3.05) is 7.11 Å². The smallest absolute Gasteiger partial charge is 0.320 e. The first-order valence-electron chi connectivity index (χ1n) is 5.25. The van der Waals surface area contributed by atoms with Crippen molar-refractivity contribution >= 4 is 18.4 Å². The highest BCUT2D eigenvalue weighted by molar-refractivity contribution is 5.85. The average molecular weight is 260 g/mol. The van der Waals surface area contributed by atoms with Crippen molar-refractivity contribution < 1.29 is 14.6 Å². The Morgan fingerprint density at radius 1 is 1.41 bits per heavy atom. The molecule has 1 aromatic rings. The second kappa shape index (κ2) is 7.92. The van der Waals surface area contributed by atoms with Gasteiger partial charge in [0.1, 0.15) is 11.8 Å². The molecule has 0 aromatic heterocycles. The summed E-state index contributed by atoms with van der Waals surface area (Å²) in [6, 6.07) is 6.99. The van der Waals surface area contributed by atoms with Crippen LogP contribution < -0.4 is 10.5 Å². The fourth-order valence-electron chi connectivity index (χ4n) is 1.44. The van der Waals surface area contributed by atoms with E-state index in [4.69, 9.17) is 15.6 Å². The molecule has 0 fully saturated rings. The van der Waals surface area contributed by atoms with Crippen LogP contribution in [0, 0.1) is 0 Å². The highest BCUT2D eigenvalue weighted by Crippen LogP contribution is 2.13. The molecular formula is C12H18ClNO3. The highest BCUT2D eigenvalue weighted by Gasteiger charge is 2.10. The number of benzene rings is 1. The van der Waals surface area contributed by atoms with E-state index in [-0.39, 0.29) is 12.4 Å². The lowest BCUT2D eigenvalue weighted by atomic mass is 10.1. The first-order chi connectivity index (χ1) is 7.63. The van der Waals surface area contributed by atoms with Crippen LogP contribution in [0.4, 0.5) is 0 Å². The number of methoxy groups -OCH3 is 1. The fourth-order valence-corrected chi connectivity index (χ4v) is 1.44. The number of rotatable bonds is 6. The summed E-state index contributed by atoms with van der Waals surface area (Å²) >= 11 is 0. The van der Waals surface area contributed by atoms with Crippen LogP contribution in [0.5, 0.6) is 5.75 Å². The van der Waals surface area contributed by atoms with Gasteiger partial charge in [-0.3, -0.25) is 4.79 Å². The molecule has 0 saturated carbocycles. The SMILES string of the molecule is COc1ccc(CCCC(N)C(=O)O)cc1.Cl. The van der Waals surface area contributed by atoms with Crippen molar-refractivity contribution in [1.82, 2.24) is 0 Å². The quantitative estimate of drug-likeness (QED) is 0.818. The Bertz CT molecular complexity index is 340. The molecule has 96 valence electrons. The maximum absolute atomic E-state index is 10.5. The zero-order valence-electron chi connectivity index (χ0n) is 9.76. The number of hydrogen-bond acceptors (Lipinski definition) is 3. The maximum Gasteiger partial charge on any atom is 0.320 e. The predicted octanol–water partition coefficient (Wildman–Crippen LogP) is 1.85. The molecule has 0 spiro atoms.